The quantitative estimate of drug-likeness (QED) is 0.649. The summed E-state index contributed by atoms with van der Waals surface area (Å²) in [5, 5.41) is 3.69. The number of benzene rings is 2. The molecule has 0 bridgehead atoms. The zero-order valence-corrected chi connectivity index (χ0v) is 16.5. The molecule has 0 radical (unpaired) electrons. The smallest absolute Gasteiger partial charge is 0.257 e. The second-order valence-corrected chi connectivity index (χ2v) is 6.75. The van der Waals surface area contributed by atoms with Crippen molar-refractivity contribution in [2.24, 2.45) is 7.05 Å². The molecule has 0 atom stereocenters. The number of hydrogen-bond acceptors (Lipinski definition) is 4. The maximum atomic E-state index is 12.0. The number of amides is 1. The van der Waals surface area contributed by atoms with Gasteiger partial charge in [-0.3, -0.25) is 4.79 Å². The summed E-state index contributed by atoms with van der Waals surface area (Å²) in [4.78, 5) is 16.6. The predicted molar refractivity (Wildman–Crippen MR) is 106 cm³/mol. The number of imidazole rings is 1. The van der Waals surface area contributed by atoms with Crippen LogP contribution in [0, 0.1) is 0 Å². The molecule has 1 aromatic heterocycles. The molecule has 0 aliphatic heterocycles. The van der Waals surface area contributed by atoms with Gasteiger partial charge >= 0.3 is 0 Å². The van der Waals surface area contributed by atoms with Crippen LogP contribution in [0.2, 0.25) is 10.0 Å². The minimum atomic E-state index is -0.235. The van der Waals surface area contributed by atoms with Crippen LogP contribution in [0.25, 0.3) is 11.0 Å². The molecular weight excluding hydrogens is 389 g/mol. The average Bonchev–Trinajstić information content (AvgIpc) is 2.96. The highest BCUT2D eigenvalue weighted by molar-refractivity contribution is 6.35. The molecular formula is C19H19Cl2N3O3. The van der Waals surface area contributed by atoms with E-state index >= 15 is 0 Å². The molecule has 142 valence electrons. The van der Waals surface area contributed by atoms with Gasteiger partial charge in [0.1, 0.15) is 17.3 Å². The maximum Gasteiger partial charge on any atom is 0.257 e. The van der Waals surface area contributed by atoms with E-state index in [9.17, 15) is 4.79 Å². The number of nitrogens with zero attached hydrogens (tertiary/aromatic N) is 2. The summed E-state index contributed by atoms with van der Waals surface area (Å²) in [5.74, 6) is 1.82. The average molecular weight is 408 g/mol. The number of carbonyl (C=O) groups excluding carboxylic acids is 1. The second kappa shape index (κ2) is 8.50. The van der Waals surface area contributed by atoms with Crippen molar-refractivity contribution >= 4 is 40.1 Å². The van der Waals surface area contributed by atoms with Crippen molar-refractivity contribution in [2.45, 2.75) is 6.42 Å². The molecule has 1 N–H and O–H groups in total. The van der Waals surface area contributed by atoms with Crippen LogP contribution in [0.3, 0.4) is 0 Å². The second-order valence-electron chi connectivity index (χ2n) is 5.91. The molecule has 0 saturated heterocycles. The minimum Gasteiger partial charge on any atom is -0.497 e. The lowest BCUT2D eigenvalue weighted by Gasteiger charge is -2.09. The van der Waals surface area contributed by atoms with Gasteiger partial charge in [-0.25, -0.2) is 4.98 Å². The Balaban J connectivity index is 1.52. The highest BCUT2D eigenvalue weighted by Gasteiger charge is 2.10. The van der Waals surface area contributed by atoms with Gasteiger partial charge in [-0.05, 0) is 30.3 Å². The van der Waals surface area contributed by atoms with E-state index in [4.69, 9.17) is 32.7 Å². The molecule has 3 aromatic rings. The van der Waals surface area contributed by atoms with E-state index in [1.807, 2.05) is 29.8 Å². The van der Waals surface area contributed by atoms with Crippen LogP contribution < -0.4 is 14.8 Å². The summed E-state index contributed by atoms with van der Waals surface area (Å²) in [6.07, 6.45) is 0.598. The third kappa shape index (κ3) is 4.64. The first-order chi connectivity index (χ1) is 13.0. The van der Waals surface area contributed by atoms with Crippen LogP contribution in [0.5, 0.6) is 11.5 Å². The van der Waals surface area contributed by atoms with Crippen molar-refractivity contribution in [3.05, 3.63) is 52.3 Å². The van der Waals surface area contributed by atoms with Crippen LogP contribution in [-0.4, -0.2) is 35.7 Å². The van der Waals surface area contributed by atoms with Gasteiger partial charge in [0.2, 0.25) is 0 Å². The van der Waals surface area contributed by atoms with Crippen LogP contribution in [0.4, 0.5) is 0 Å². The van der Waals surface area contributed by atoms with E-state index in [1.165, 1.54) is 0 Å². The van der Waals surface area contributed by atoms with Gasteiger partial charge in [0.15, 0.2) is 6.61 Å². The third-order valence-electron chi connectivity index (χ3n) is 4.10. The number of rotatable bonds is 7. The Bertz CT molecular complexity index is 972. The van der Waals surface area contributed by atoms with Crippen LogP contribution in [0.1, 0.15) is 5.82 Å². The van der Waals surface area contributed by atoms with Crippen molar-refractivity contribution in [2.75, 3.05) is 20.3 Å². The summed E-state index contributed by atoms with van der Waals surface area (Å²) in [7, 11) is 3.57. The molecule has 0 fully saturated rings. The number of hydrogen-bond donors (Lipinski definition) is 1. The minimum absolute atomic E-state index is 0.124. The van der Waals surface area contributed by atoms with Crippen LogP contribution >= 0.6 is 23.2 Å². The molecule has 1 amide bonds. The van der Waals surface area contributed by atoms with E-state index in [0.29, 0.717) is 28.8 Å². The first-order valence-electron chi connectivity index (χ1n) is 8.32. The normalized spacial score (nSPS) is 10.8. The Morgan fingerprint density at radius 1 is 1.22 bits per heavy atom. The van der Waals surface area contributed by atoms with E-state index < -0.39 is 0 Å². The zero-order chi connectivity index (χ0) is 19.4. The monoisotopic (exact) mass is 407 g/mol. The molecule has 8 heteroatoms. The fraction of sp³-hybridized carbons (Fsp3) is 0.263. The molecule has 0 spiro atoms. The fourth-order valence-electron chi connectivity index (χ4n) is 2.68. The number of carbonyl (C=O) groups is 1. The molecule has 0 unspecified atom stereocenters. The molecule has 27 heavy (non-hydrogen) atoms. The Labute approximate surface area is 167 Å². The first-order valence-corrected chi connectivity index (χ1v) is 9.07. The molecule has 0 aliphatic carbocycles. The van der Waals surface area contributed by atoms with Gasteiger partial charge in [-0.1, -0.05) is 23.2 Å². The summed E-state index contributed by atoms with van der Waals surface area (Å²) < 4.78 is 12.6. The summed E-state index contributed by atoms with van der Waals surface area (Å²) in [5.41, 5.74) is 1.87. The predicted octanol–water partition coefficient (Wildman–Crippen LogP) is 3.63. The van der Waals surface area contributed by atoms with E-state index in [2.05, 4.69) is 10.3 Å². The van der Waals surface area contributed by atoms with E-state index in [0.717, 1.165) is 22.6 Å². The number of ether oxygens (including phenoxy) is 2. The summed E-state index contributed by atoms with van der Waals surface area (Å²) in [6, 6.07) is 10.6. The fourth-order valence-corrected chi connectivity index (χ4v) is 3.14. The maximum absolute atomic E-state index is 12.0. The van der Waals surface area contributed by atoms with Crippen molar-refractivity contribution in [3.63, 3.8) is 0 Å². The number of fused-ring (bicyclic) bond motifs is 1. The topological polar surface area (TPSA) is 65.4 Å². The lowest BCUT2D eigenvalue weighted by atomic mass is 10.3. The molecule has 0 saturated carbocycles. The standard InChI is InChI=1S/C19H19Cl2N3O3/c1-24-16-5-4-13(26-2)10-15(16)23-18(24)7-8-22-19(25)11-27-17-6-3-12(20)9-14(17)21/h3-6,9-10H,7-8,11H2,1-2H3,(H,22,25). The van der Waals surface area contributed by atoms with Crippen LogP contribution in [-0.2, 0) is 18.3 Å². The summed E-state index contributed by atoms with van der Waals surface area (Å²) >= 11 is 11.8. The highest BCUT2D eigenvalue weighted by atomic mass is 35.5. The number of nitrogens with one attached hydrogen (secondary N) is 1. The third-order valence-corrected chi connectivity index (χ3v) is 4.63. The number of halogens is 2. The van der Waals surface area contributed by atoms with Gasteiger partial charge in [0.25, 0.3) is 5.91 Å². The Morgan fingerprint density at radius 2 is 2.04 bits per heavy atom. The lowest BCUT2D eigenvalue weighted by Crippen LogP contribution is -2.31. The number of aryl methyl sites for hydroxylation is 1. The number of aromatic nitrogens is 2. The van der Waals surface area contributed by atoms with Gasteiger partial charge in [-0.2, -0.15) is 0 Å². The molecule has 6 nitrogen and oxygen atoms in total. The summed E-state index contributed by atoms with van der Waals surface area (Å²) in [6.45, 7) is 0.325. The van der Waals surface area contributed by atoms with E-state index in [1.54, 1.807) is 25.3 Å². The van der Waals surface area contributed by atoms with Crippen molar-refractivity contribution in [1.29, 1.82) is 0 Å². The Kier molecular flexibility index (Phi) is 6.08. The lowest BCUT2D eigenvalue weighted by molar-refractivity contribution is -0.123. The molecule has 1 heterocycles. The van der Waals surface area contributed by atoms with Gasteiger partial charge < -0.3 is 19.4 Å². The Morgan fingerprint density at radius 3 is 2.78 bits per heavy atom. The Hall–Kier alpha value is -2.44. The molecule has 2 aromatic carbocycles. The SMILES string of the molecule is COc1ccc2c(c1)nc(CCNC(=O)COc1ccc(Cl)cc1Cl)n2C. The van der Waals surface area contributed by atoms with E-state index in [-0.39, 0.29) is 12.5 Å². The molecule has 0 aliphatic rings. The van der Waals surface area contributed by atoms with Crippen molar-refractivity contribution in [3.8, 4) is 11.5 Å². The zero-order valence-electron chi connectivity index (χ0n) is 15.0. The van der Waals surface area contributed by atoms with Crippen molar-refractivity contribution < 1.29 is 14.3 Å². The van der Waals surface area contributed by atoms with Gasteiger partial charge in [-0.15, -0.1) is 0 Å². The number of methoxy groups -OCH3 is 1. The highest BCUT2D eigenvalue weighted by Crippen LogP contribution is 2.27. The van der Waals surface area contributed by atoms with Crippen molar-refractivity contribution in [1.82, 2.24) is 14.9 Å². The first kappa shape index (κ1) is 19.3. The van der Waals surface area contributed by atoms with Crippen LogP contribution in [0.15, 0.2) is 36.4 Å². The van der Waals surface area contributed by atoms with Gasteiger partial charge in [0, 0.05) is 31.1 Å². The molecule has 3 rings (SSSR count). The van der Waals surface area contributed by atoms with Gasteiger partial charge in [0.05, 0.1) is 23.2 Å². The largest absolute Gasteiger partial charge is 0.497 e.